The van der Waals surface area contributed by atoms with Crippen molar-refractivity contribution < 1.29 is 22.7 Å². The van der Waals surface area contributed by atoms with E-state index in [1.165, 1.54) is 19.5 Å². The summed E-state index contributed by atoms with van der Waals surface area (Å²) in [6.07, 6.45) is -0.768. The summed E-state index contributed by atoms with van der Waals surface area (Å²) in [6.45, 7) is 1.65. The van der Waals surface area contributed by atoms with Gasteiger partial charge in [-0.2, -0.15) is 13.2 Å². The molecule has 27 heavy (non-hydrogen) atoms. The Morgan fingerprint density at radius 2 is 2.04 bits per heavy atom. The maximum Gasteiger partial charge on any atom is 0.416 e. The van der Waals surface area contributed by atoms with Gasteiger partial charge in [0.05, 0.1) is 24.7 Å². The molecular weight excluding hydrogens is 363 g/mol. The highest BCUT2D eigenvalue weighted by Crippen LogP contribution is 2.34. The molecule has 1 amide bonds. The molecule has 0 atom stereocenters. The van der Waals surface area contributed by atoms with Crippen molar-refractivity contribution in [2.75, 3.05) is 12.4 Å². The minimum atomic E-state index is -4.55. The topological polar surface area (TPSA) is 73.2 Å². The number of hydrogen-bond acceptors (Lipinski definition) is 4. The number of aromatic nitrogens is 2. The molecule has 0 radical (unpaired) electrons. The van der Waals surface area contributed by atoms with Gasteiger partial charge in [-0.05, 0) is 31.0 Å². The molecule has 1 N–H and O–H groups in total. The van der Waals surface area contributed by atoms with Crippen LogP contribution in [-0.2, 0) is 23.9 Å². The minimum absolute atomic E-state index is 0.0803. The fourth-order valence-corrected chi connectivity index (χ4v) is 2.40. The molecule has 0 aliphatic rings. The largest absolute Gasteiger partial charge is 0.495 e. The number of unbranched alkanes of at least 4 members (excludes halogenated alkanes) is 1. The summed E-state index contributed by atoms with van der Waals surface area (Å²) in [5.41, 5.74) is -0.809. The van der Waals surface area contributed by atoms with E-state index in [9.17, 15) is 22.8 Å². The second kappa shape index (κ2) is 8.70. The first-order valence-electron chi connectivity index (χ1n) is 8.35. The van der Waals surface area contributed by atoms with E-state index in [4.69, 9.17) is 4.74 Å². The van der Waals surface area contributed by atoms with Crippen molar-refractivity contribution >= 4 is 11.6 Å². The predicted octanol–water partition coefficient (Wildman–Crippen LogP) is 3.25. The normalized spacial score (nSPS) is 11.3. The van der Waals surface area contributed by atoms with Crippen molar-refractivity contribution in [3.8, 4) is 5.75 Å². The third kappa shape index (κ3) is 5.57. The van der Waals surface area contributed by atoms with Crippen LogP contribution in [0, 0.1) is 0 Å². The number of rotatable bonds is 7. The first-order chi connectivity index (χ1) is 12.7. The molecule has 0 fully saturated rings. The van der Waals surface area contributed by atoms with E-state index in [-0.39, 0.29) is 18.0 Å². The molecule has 0 saturated heterocycles. The quantitative estimate of drug-likeness (QED) is 0.797. The van der Waals surface area contributed by atoms with Crippen LogP contribution in [0.1, 0.15) is 31.0 Å². The number of alkyl halides is 3. The van der Waals surface area contributed by atoms with Crippen LogP contribution in [-0.4, -0.2) is 22.6 Å². The van der Waals surface area contributed by atoms with E-state index < -0.39 is 23.2 Å². The number of carbonyl (C=O) groups excluding carboxylic acids is 1. The van der Waals surface area contributed by atoms with Gasteiger partial charge in [-0.3, -0.25) is 14.2 Å². The summed E-state index contributed by atoms with van der Waals surface area (Å²) in [6, 6.07) is 4.12. The molecule has 1 heterocycles. The lowest BCUT2D eigenvalue weighted by atomic mass is 10.1. The Bertz CT molecular complexity index is 863. The Balaban J connectivity index is 2.15. The highest BCUT2D eigenvalue weighted by Gasteiger charge is 2.31. The summed E-state index contributed by atoms with van der Waals surface area (Å²) >= 11 is 0. The zero-order valence-electron chi connectivity index (χ0n) is 15.0. The average Bonchev–Trinajstić information content (AvgIpc) is 2.61. The molecule has 2 aromatic rings. The van der Waals surface area contributed by atoms with Gasteiger partial charge in [0.2, 0.25) is 5.91 Å². The maximum atomic E-state index is 12.9. The van der Waals surface area contributed by atoms with Crippen LogP contribution >= 0.6 is 0 Å². The fourth-order valence-electron chi connectivity index (χ4n) is 2.40. The van der Waals surface area contributed by atoms with Crippen LogP contribution in [0.3, 0.4) is 0 Å². The van der Waals surface area contributed by atoms with Gasteiger partial charge in [0.15, 0.2) is 0 Å². The number of methoxy groups -OCH3 is 1. The molecule has 0 aliphatic heterocycles. The zero-order chi connectivity index (χ0) is 20.0. The van der Waals surface area contributed by atoms with Crippen LogP contribution in [0.15, 0.2) is 35.4 Å². The third-order valence-corrected chi connectivity index (χ3v) is 3.84. The Morgan fingerprint density at radius 3 is 2.63 bits per heavy atom. The standard InChI is InChI=1S/C18H20F3N3O3/c1-3-4-5-13-9-17(26)24(11-22-13)10-16(25)23-14-8-12(18(19,20)21)6-7-15(14)27-2/h6-9,11H,3-5,10H2,1-2H3,(H,23,25). The number of carbonyl (C=O) groups is 1. The molecule has 0 spiro atoms. The second-order valence-electron chi connectivity index (χ2n) is 5.91. The molecule has 0 bridgehead atoms. The van der Waals surface area contributed by atoms with Crippen LogP contribution in [0.5, 0.6) is 5.75 Å². The van der Waals surface area contributed by atoms with Gasteiger partial charge in [0, 0.05) is 11.8 Å². The van der Waals surface area contributed by atoms with Crippen molar-refractivity contribution in [1.29, 1.82) is 0 Å². The number of amides is 1. The molecule has 1 aromatic heterocycles. The van der Waals surface area contributed by atoms with Crippen molar-refractivity contribution in [3.63, 3.8) is 0 Å². The van der Waals surface area contributed by atoms with E-state index in [1.54, 1.807) is 0 Å². The number of anilines is 1. The number of nitrogens with zero attached hydrogens (tertiary/aromatic N) is 2. The summed E-state index contributed by atoms with van der Waals surface area (Å²) in [7, 11) is 1.28. The van der Waals surface area contributed by atoms with E-state index in [2.05, 4.69) is 10.3 Å². The zero-order valence-corrected chi connectivity index (χ0v) is 15.0. The molecule has 2 rings (SSSR count). The summed E-state index contributed by atoms with van der Waals surface area (Å²) in [4.78, 5) is 28.4. The Labute approximate surface area is 154 Å². The third-order valence-electron chi connectivity index (χ3n) is 3.84. The molecular formula is C18H20F3N3O3. The molecule has 146 valence electrons. The summed E-state index contributed by atoms with van der Waals surface area (Å²) < 4.78 is 44.6. The highest BCUT2D eigenvalue weighted by molar-refractivity contribution is 5.92. The summed E-state index contributed by atoms with van der Waals surface area (Å²) in [5.74, 6) is -0.588. The van der Waals surface area contributed by atoms with E-state index in [0.717, 1.165) is 35.6 Å². The first kappa shape index (κ1) is 20.5. The second-order valence-corrected chi connectivity index (χ2v) is 5.91. The monoisotopic (exact) mass is 383 g/mol. The molecule has 6 nitrogen and oxygen atoms in total. The van der Waals surface area contributed by atoms with Crippen LogP contribution in [0.2, 0.25) is 0 Å². The van der Waals surface area contributed by atoms with Crippen molar-refractivity contribution in [1.82, 2.24) is 9.55 Å². The number of ether oxygens (including phenoxy) is 1. The van der Waals surface area contributed by atoms with Gasteiger partial charge in [-0.1, -0.05) is 13.3 Å². The van der Waals surface area contributed by atoms with Crippen molar-refractivity contribution in [2.45, 2.75) is 38.9 Å². The number of nitrogens with one attached hydrogen (secondary N) is 1. The van der Waals surface area contributed by atoms with Gasteiger partial charge in [0.1, 0.15) is 12.3 Å². The van der Waals surface area contributed by atoms with Gasteiger partial charge in [0.25, 0.3) is 5.56 Å². The van der Waals surface area contributed by atoms with E-state index >= 15 is 0 Å². The van der Waals surface area contributed by atoms with Crippen molar-refractivity contribution in [2.24, 2.45) is 0 Å². The lowest BCUT2D eigenvalue weighted by Crippen LogP contribution is -2.28. The molecule has 0 unspecified atom stereocenters. The van der Waals surface area contributed by atoms with Crippen molar-refractivity contribution in [3.05, 3.63) is 52.2 Å². The Morgan fingerprint density at radius 1 is 1.30 bits per heavy atom. The SMILES string of the molecule is CCCCc1cc(=O)n(CC(=O)Nc2cc(C(F)(F)F)ccc2OC)cn1. The Hall–Kier alpha value is -2.84. The van der Waals surface area contributed by atoms with E-state index in [0.29, 0.717) is 12.1 Å². The van der Waals surface area contributed by atoms with Gasteiger partial charge >= 0.3 is 6.18 Å². The van der Waals surface area contributed by atoms with Gasteiger partial charge < -0.3 is 10.1 Å². The molecule has 1 aromatic carbocycles. The number of halogens is 3. The van der Waals surface area contributed by atoms with Crippen LogP contribution < -0.4 is 15.6 Å². The number of aryl methyl sites for hydroxylation is 1. The summed E-state index contributed by atoms with van der Waals surface area (Å²) in [5, 5.41) is 2.35. The predicted molar refractivity (Wildman–Crippen MR) is 93.7 cm³/mol. The van der Waals surface area contributed by atoms with Crippen LogP contribution in [0.4, 0.5) is 18.9 Å². The van der Waals surface area contributed by atoms with Gasteiger partial charge in [-0.25, -0.2) is 4.98 Å². The highest BCUT2D eigenvalue weighted by atomic mass is 19.4. The average molecular weight is 383 g/mol. The first-order valence-corrected chi connectivity index (χ1v) is 8.35. The number of benzene rings is 1. The lowest BCUT2D eigenvalue weighted by Gasteiger charge is -2.14. The maximum absolute atomic E-state index is 12.9. The van der Waals surface area contributed by atoms with E-state index in [1.807, 2.05) is 6.92 Å². The minimum Gasteiger partial charge on any atom is -0.495 e. The lowest BCUT2D eigenvalue weighted by molar-refractivity contribution is -0.137. The van der Waals surface area contributed by atoms with Gasteiger partial charge in [-0.15, -0.1) is 0 Å². The molecule has 0 saturated carbocycles. The Kier molecular flexibility index (Phi) is 6.59. The fraction of sp³-hybridized carbons (Fsp3) is 0.389. The smallest absolute Gasteiger partial charge is 0.416 e. The van der Waals surface area contributed by atoms with Crippen LogP contribution in [0.25, 0.3) is 0 Å². The number of hydrogen-bond donors (Lipinski definition) is 1. The molecule has 9 heteroatoms. The molecule has 0 aliphatic carbocycles.